The topological polar surface area (TPSA) is 77.2 Å². The minimum absolute atomic E-state index is 0.229. The standard InChI is InChI=1S/C13H21N5O/c1-19-13-16-11(14)15-12(17-13)18-7-6-9-4-2-3-5-10(9)8-18/h9-10H,2-8H2,1H3,(H2,14,15,16,17). The Bertz CT molecular complexity index is 453. The molecule has 0 spiro atoms. The highest BCUT2D eigenvalue weighted by molar-refractivity contribution is 5.36. The number of aromatic nitrogens is 3. The highest BCUT2D eigenvalue weighted by Crippen LogP contribution is 2.36. The van der Waals surface area contributed by atoms with Crippen LogP contribution in [-0.2, 0) is 0 Å². The first-order valence-electron chi connectivity index (χ1n) is 7.07. The van der Waals surface area contributed by atoms with Crippen LogP contribution in [0.25, 0.3) is 0 Å². The third kappa shape index (κ3) is 2.57. The molecular weight excluding hydrogens is 242 g/mol. The average molecular weight is 263 g/mol. The molecule has 2 N–H and O–H groups in total. The zero-order valence-corrected chi connectivity index (χ0v) is 11.4. The summed E-state index contributed by atoms with van der Waals surface area (Å²) in [6, 6.07) is 0.299. The summed E-state index contributed by atoms with van der Waals surface area (Å²) in [5.41, 5.74) is 5.70. The van der Waals surface area contributed by atoms with Crippen LogP contribution in [0.3, 0.4) is 0 Å². The summed E-state index contributed by atoms with van der Waals surface area (Å²) in [4.78, 5) is 14.7. The fraction of sp³-hybridized carbons (Fsp3) is 0.769. The lowest BCUT2D eigenvalue weighted by molar-refractivity contribution is 0.201. The van der Waals surface area contributed by atoms with Crippen molar-refractivity contribution in [1.29, 1.82) is 0 Å². The van der Waals surface area contributed by atoms with E-state index in [1.54, 1.807) is 7.11 Å². The van der Waals surface area contributed by atoms with Gasteiger partial charge >= 0.3 is 6.01 Å². The Hall–Kier alpha value is -1.59. The van der Waals surface area contributed by atoms with Crippen LogP contribution < -0.4 is 15.4 Å². The van der Waals surface area contributed by atoms with Crippen LogP contribution in [0.1, 0.15) is 32.1 Å². The molecular formula is C13H21N5O. The molecule has 6 heteroatoms. The summed E-state index contributed by atoms with van der Waals surface area (Å²) in [7, 11) is 1.55. The number of rotatable bonds is 2. The Morgan fingerprint density at radius 3 is 2.68 bits per heavy atom. The average Bonchev–Trinajstić information content (AvgIpc) is 2.46. The lowest BCUT2D eigenvalue weighted by Crippen LogP contribution is -2.42. The van der Waals surface area contributed by atoms with Gasteiger partial charge in [-0.3, -0.25) is 0 Å². The first-order chi connectivity index (χ1) is 9.26. The summed E-state index contributed by atoms with van der Waals surface area (Å²) in [6.45, 7) is 2.05. The summed E-state index contributed by atoms with van der Waals surface area (Å²) >= 11 is 0. The Morgan fingerprint density at radius 1 is 1.11 bits per heavy atom. The van der Waals surface area contributed by atoms with E-state index in [1.807, 2.05) is 0 Å². The van der Waals surface area contributed by atoms with Crippen molar-refractivity contribution >= 4 is 11.9 Å². The second-order valence-corrected chi connectivity index (χ2v) is 5.52. The molecule has 1 saturated carbocycles. The zero-order valence-electron chi connectivity index (χ0n) is 11.4. The van der Waals surface area contributed by atoms with Crippen LogP contribution in [0.4, 0.5) is 11.9 Å². The van der Waals surface area contributed by atoms with Crippen molar-refractivity contribution < 1.29 is 4.74 Å². The van der Waals surface area contributed by atoms with Crippen molar-refractivity contribution in [2.24, 2.45) is 11.8 Å². The van der Waals surface area contributed by atoms with Gasteiger partial charge in [0.05, 0.1) is 7.11 Å². The number of methoxy groups -OCH3 is 1. The largest absolute Gasteiger partial charge is 0.467 e. The van der Waals surface area contributed by atoms with Crippen LogP contribution in [0.5, 0.6) is 6.01 Å². The summed E-state index contributed by atoms with van der Waals surface area (Å²) in [5, 5.41) is 0. The Kier molecular flexibility index (Phi) is 3.40. The molecule has 2 unspecified atom stereocenters. The first-order valence-corrected chi connectivity index (χ1v) is 7.07. The van der Waals surface area contributed by atoms with Crippen LogP contribution in [0.15, 0.2) is 0 Å². The lowest BCUT2D eigenvalue weighted by atomic mass is 9.75. The number of nitrogens with two attached hydrogens (primary N) is 1. The van der Waals surface area contributed by atoms with E-state index in [0.29, 0.717) is 12.0 Å². The van der Waals surface area contributed by atoms with Gasteiger partial charge in [-0.05, 0) is 24.7 Å². The van der Waals surface area contributed by atoms with Crippen molar-refractivity contribution in [1.82, 2.24) is 15.0 Å². The van der Waals surface area contributed by atoms with E-state index in [9.17, 15) is 0 Å². The van der Waals surface area contributed by atoms with E-state index in [2.05, 4.69) is 19.9 Å². The fourth-order valence-electron chi connectivity index (χ4n) is 3.38. The second-order valence-electron chi connectivity index (χ2n) is 5.52. The fourth-order valence-corrected chi connectivity index (χ4v) is 3.38. The molecule has 104 valence electrons. The number of ether oxygens (including phenoxy) is 1. The SMILES string of the molecule is COc1nc(N)nc(N2CCC3CCCCC3C2)n1. The molecule has 0 bridgehead atoms. The smallest absolute Gasteiger partial charge is 0.322 e. The summed E-state index contributed by atoms with van der Waals surface area (Å²) in [5.74, 6) is 2.57. The Balaban J connectivity index is 1.77. The van der Waals surface area contributed by atoms with Crippen molar-refractivity contribution in [3.63, 3.8) is 0 Å². The zero-order chi connectivity index (χ0) is 13.2. The molecule has 2 fully saturated rings. The van der Waals surface area contributed by atoms with Crippen LogP contribution in [0, 0.1) is 11.8 Å². The van der Waals surface area contributed by atoms with Crippen LogP contribution in [-0.4, -0.2) is 35.2 Å². The van der Waals surface area contributed by atoms with E-state index < -0.39 is 0 Å². The second kappa shape index (κ2) is 5.19. The molecule has 6 nitrogen and oxygen atoms in total. The predicted octanol–water partition coefficient (Wildman–Crippen LogP) is 1.48. The predicted molar refractivity (Wildman–Crippen MR) is 73.1 cm³/mol. The van der Waals surface area contributed by atoms with Crippen molar-refractivity contribution in [3.05, 3.63) is 0 Å². The van der Waals surface area contributed by atoms with Crippen molar-refractivity contribution in [2.75, 3.05) is 30.8 Å². The monoisotopic (exact) mass is 263 g/mol. The number of fused-ring (bicyclic) bond motifs is 1. The molecule has 19 heavy (non-hydrogen) atoms. The molecule has 3 rings (SSSR count). The normalized spacial score (nSPS) is 26.9. The van der Waals surface area contributed by atoms with Gasteiger partial charge in [0.15, 0.2) is 0 Å². The van der Waals surface area contributed by atoms with Gasteiger partial charge in [0.1, 0.15) is 0 Å². The van der Waals surface area contributed by atoms with Gasteiger partial charge in [0.2, 0.25) is 11.9 Å². The maximum absolute atomic E-state index is 5.70. The molecule has 0 aromatic carbocycles. The van der Waals surface area contributed by atoms with Gasteiger partial charge in [-0.1, -0.05) is 19.3 Å². The van der Waals surface area contributed by atoms with Gasteiger partial charge < -0.3 is 15.4 Å². The summed E-state index contributed by atoms with van der Waals surface area (Å²) < 4.78 is 5.06. The maximum atomic E-state index is 5.70. The molecule has 0 amide bonds. The number of hydrogen-bond donors (Lipinski definition) is 1. The molecule has 0 radical (unpaired) electrons. The molecule has 1 saturated heterocycles. The maximum Gasteiger partial charge on any atom is 0.322 e. The number of piperidine rings is 1. The number of hydrogen-bond acceptors (Lipinski definition) is 6. The molecule has 1 aliphatic heterocycles. The minimum Gasteiger partial charge on any atom is -0.467 e. The first kappa shape index (κ1) is 12.4. The Morgan fingerprint density at radius 2 is 1.89 bits per heavy atom. The minimum atomic E-state index is 0.229. The van der Waals surface area contributed by atoms with Gasteiger partial charge in [-0.25, -0.2) is 0 Å². The van der Waals surface area contributed by atoms with Gasteiger partial charge in [0, 0.05) is 13.1 Å². The Labute approximate surface area is 113 Å². The van der Waals surface area contributed by atoms with E-state index >= 15 is 0 Å². The lowest BCUT2D eigenvalue weighted by Gasteiger charge is -2.41. The van der Waals surface area contributed by atoms with Crippen LogP contribution in [0.2, 0.25) is 0 Å². The molecule has 1 aliphatic carbocycles. The molecule has 1 aromatic rings. The third-order valence-corrected chi connectivity index (χ3v) is 4.38. The van der Waals surface area contributed by atoms with E-state index in [0.717, 1.165) is 24.9 Å². The van der Waals surface area contributed by atoms with Gasteiger partial charge in [0.25, 0.3) is 0 Å². The molecule has 2 atom stereocenters. The quantitative estimate of drug-likeness (QED) is 0.871. The number of anilines is 2. The molecule has 1 aromatic heterocycles. The number of nitrogens with zero attached hydrogens (tertiary/aromatic N) is 4. The van der Waals surface area contributed by atoms with Gasteiger partial charge in [-0.2, -0.15) is 15.0 Å². The summed E-state index contributed by atoms with van der Waals surface area (Å²) in [6.07, 6.45) is 6.71. The number of nitrogen functional groups attached to an aromatic ring is 1. The van der Waals surface area contributed by atoms with E-state index in [1.165, 1.54) is 32.1 Å². The van der Waals surface area contributed by atoms with Crippen molar-refractivity contribution in [2.45, 2.75) is 32.1 Å². The highest BCUT2D eigenvalue weighted by Gasteiger charge is 2.32. The third-order valence-electron chi connectivity index (χ3n) is 4.38. The van der Waals surface area contributed by atoms with Crippen molar-refractivity contribution in [3.8, 4) is 6.01 Å². The van der Waals surface area contributed by atoms with Gasteiger partial charge in [-0.15, -0.1) is 0 Å². The molecule has 2 heterocycles. The van der Waals surface area contributed by atoms with E-state index in [-0.39, 0.29) is 5.95 Å². The molecule has 2 aliphatic rings. The highest BCUT2D eigenvalue weighted by atomic mass is 16.5. The van der Waals surface area contributed by atoms with Crippen LogP contribution >= 0.6 is 0 Å². The van der Waals surface area contributed by atoms with E-state index in [4.69, 9.17) is 10.5 Å².